The minimum absolute atomic E-state index is 0.128. The minimum Gasteiger partial charge on any atom is -0.392 e. The Labute approximate surface area is 179 Å². The van der Waals surface area contributed by atoms with Crippen LogP contribution in [0, 0.1) is 5.41 Å². The zero-order valence-corrected chi connectivity index (χ0v) is 18.0. The SMILES string of the molecule is O=C(c1cnc2c(c1)CCCC2)N1CCC2(CC1)CC(O)CN(C1CCOCC1)C2. The van der Waals surface area contributed by atoms with E-state index in [1.807, 2.05) is 4.90 Å². The molecule has 1 aromatic rings. The van der Waals surface area contributed by atoms with E-state index in [0.717, 1.165) is 89.9 Å². The van der Waals surface area contributed by atoms with Crippen molar-refractivity contribution < 1.29 is 14.6 Å². The third-order valence-corrected chi connectivity index (χ3v) is 7.89. The second kappa shape index (κ2) is 8.56. The van der Waals surface area contributed by atoms with Crippen LogP contribution in [-0.4, -0.2) is 77.3 Å². The second-order valence-electron chi connectivity index (χ2n) is 9.96. The number of aliphatic hydroxyl groups excluding tert-OH is 1. The number of hydrogen-bond acceptors (Lipinski definition) is 5. The van der Waals surface area contributed by atoms with Crippen LogP contribution in [0.15, 0.2) is 12.3 Å². The largest absolute Gasteiger partial charge is 0.392 e. The van der Waals surface area contributed by atoms with Gasteiger partial charge in [0.15, 0.2) is 0 Å². The highest BCUT2D eigenvalue weighted by Gasteiger charge is 2.44. The first-order chi connectivity index (χ1) is 14.6. The van der Waals surface area contributed by atoms with E-state index in [1.165, 1.54) is 24.1 Å². The van der Waals surface area contributed by atoms with E-state index >= 15 is 0 Å². The molecule has 6 nitrogen and oxygen atoms in total. The number of amides is 1. The Balaban J connectivity index is 1.23. The van der Waals surface area contributed by atoms with Crippen molar-refractivity contribution in [2.24, 2.45) is 5.41 Å². The summed E-state index contributed by atoms with van der Waals surface area (Å²) in [6, 6.07) is 2.62. The van der Waals surface area contributed by atoms with Crippen molar-refractivity contribution in [1.82, 2.24) is 14.8 Å². The van der Waals surface area contributed by atoms with Crippen molar-refractivity contribution in [3.8, 4) is 0 Å². The van der Waals surface area contributed by atoms with Gasteiger partial charge in [-0.1, -0.05) is 0 Å². The number of piperidine rings is 2. The lowest BCUT2D eigenvalue weighted by atomic mass is 9.71. The monoisotopic (exact) mass is 413 g/mol. The molecule has 1 atom stereocenters. The minimum atomic E-state index is -0.256. The smallest absolute Gasteiger partial charge is 0.255 e. The number of ether oxygens (including phenoxy) is 1. The molecular formula is C24H35N3O3. The molecule has 1 amide bonds. The van der Waals surface area contributed by atoms with Crippen LogP contribution in [0.25, 0.3) is 0 Å². The molecule has 1 spiro atoms. The number of rotatable bonds is 2. The van der Waals surface area contributed by atoms with Crippen LogP contribution < -0.4 is 0 Å². The Morgan fingerprint density at radius 1 is 1.17 bits per heavy atom. The van der Waals surface area contributed by atoms with Crippen LogP contribution >= 0.6 is 0 Å². The fraction of sp³-hybridized carbons (Fsp3) is 0.750. The van der Waals surface area contributed by atoms with E-state index in [4.69, 9.17) is 4.74 Å². The molecule has 0 bridgehead atoms. The van der Waals surface area contributed by atoms with Gasteiger partial charge in [0, 0.05) is 57.3 Å². The number of β-amino-alcohol motifs (C(OH)–C–C–N with tert-alkyl or cyclic N) is 1. The topological polar surface area (TPSA) is 65.9 Å². The maximum Gasteiger partial charge on any atom is 0.255 e. The first-order valence-corrected chi connectivity index (χ1v) is 11.9. The van der Waals surface area contributed by atoms with E-state index < -0.39 is 0 Å². The highest BCUT2D eigenvalue weighted by molar-refractivity contribution is 5.94. The van der Waals surface area contributed by atoms with Crippen molar-refractivity contribution in [3.63, 3.8) is 0 Å². The predicted molar refractivity (Wildman–Crippen MR) is 114 cm³/mol. The molecule has 5 rings (SSSR count). The molecule has 4 heterocycles. The molecule has 3 saturated heterocycles. The number of pyridine rings is 1. The van der Waals surface area contributed by atoms with E-state index in [2.05, 4.69) is 16.0 Å². The van der Waals surface area contributed by atoms with E-state index in [9.17, 15) is 9.90 Å². The molecule has 0 radical (unpaired) electrons. The van der Waals surface area contributed by atoms with Crippen molar-refractivity contribution in [3.05, 3.63) is 29.1 Å². The molecule has 3 aliphatic heterocycles. The molecule has 164 valence electrons. The summed E-state index contributed by atoms with van der Waals surface area (Å²) in [7, 11) is 0. The molecule has 1 unspecified atom stereocenters. The average Bonchev–Trinajstić information content (AvgIpc) is 2.79. The fourth-order valence-corrected chi connectivity index (χ4v) is 6.16. The highest BCUT2D eigenvalue weighted by Crippen LogP contribution is 2.41. The zero-order chi connectivity index (χ0) is 20.6. The lowest BCUT2D eigenvalue weighted by Gasteiger charge is -2.51. The number of aliphatic hydroxyl groups is 1. The Morgan fingerprint density at radius 2 is 1.93 bits per heavy atom. The summed E-state index contributed by atoms with van der Waals surface area (Å²) in [5, 5.41) is 10.6. The van der Waals surface area contributed by atoms with E-state index in [0.29, 0.717) is 6.04 Å². The maximum atomic E-state index is 13.1. The number of hydrogen-bond donors (Lipinski definition) is 1. The van der Waals surface area contributed by atoms with Gasteiger partial charge in [0.05, 0.1) is 11.7 Å². The first kappa shape index (κ1) is 20.4. The molecule has 1 aromatic heterocycles. The number of aryl methyl sites for hydroxylation is 2. The van der Waals surface area contributed by atoms with Gasteiger partial charge in [-0.2, -0.15) is 0 Å². The van der Waals surface area contributed by atoms with Crippen LogP contribution in [0.2, 0.25) is 0 Å². The van der Waals surface area contributed by atoms with Crippen LogP contribution in [0.3, 0.4) is 0 Å². The Kier molecular flexibility index (Phi) is 5.82. The summed E-state index contributed by atoms with van der Waals surface area (Å²) >= 11 is 0. The Morgan fingerprint density at radius 3 is 2.73 bits per heavy atom. The predicted octanol–water partition coefficient (Wildman–Crippen LogP) is 2.43. The molecule has 3 fully saturated rings. The number of carbonyl (C=O) groups excluding carboxylic acids is 1. The van der Waals surface area contributed by atoms with Gasteiger partial charge in [0.2, 0.25) is 0 Å². The average molecular weight is 414 g/mol. The van der Waals surface area contributed by atoms with Crippen LogP contribution in [0.1, 0.15) is 66.6 Å². The molecule has 6 heteroatoms. The molecular weight excluding hydrogens is 378 g/mol. The lowest BCUT2D eigenvalue weighted by Crippen LogP contribution is -2.57. The molecule has 0 saturated carbocycles. The van der Waals surface area contributed by atoms with Crippen LogP contribution in [-0.2, 0) is 17.6 Å². The standard InChI is InChI=1S/C24H35N3O3/c28-21-14-24(17-27(16-21)20-5-11-30-12-6-20)7-9-26(10-8-24)23(29)19-13-18-3-1-2-4-22(18)25-15-19/h13,15,20-21,28H,1-12,14,16-17H2. The summed E-state index contributed by atoms with van der Waals surface area (Å²) in [5.74, 6) is 0.128. The lowest BCUT2D eigenvalue weighted by molar-refractivity contribution is -0.0695. The van der Waals surface area contributed by atoms with Crippen molar-refractivity contribution in [1.29, 1.82) is 0 Å². The summed E-state index contributed by atoms with van der Waals surface area (Å²) in [5.41, 5.74) is 3.34. The normalized spacial score (nSPS) is 27.8. The van der Waals surface area contributed by atoms with Gasteiger partial charge >= 0.3 is 0 Å². The molecule has 4 aliphatic rings. The van der Waals surface area contributed by atoms with Gasteiger partial charge in [-0.15, -0.1) is 0 Å². The van der Waals surface area contributed by atoms with Crippen molar-refractivity contribution >= 4 is 5.91 Å². The fourth-order valence-electron chi connectivity index (χ4n) is 6.16. The zero-order valence-electron chi connectivity index (χ0n) is 18.0. The number of fused-ring (bicyclic) bond motifs is 1. The Bertz CT molecular complexity index is 769. The van der Waals surface area contributed by atoms with Crippen molar-refractivity contribution in [2.45, 2.75) is 69.9 Å². The number of aromatic nitrogens is 1. The Hall–Kier alpha value is -1.50. The van der Waals surface area contributed by atoms with Crippen LogP contribution in [0.4, 0.5) is 0 Å². The highest BCUT2D eigenvalue weighted by atomic mass is 16.5. The van der Waals surface area contributed by atoms with Crippen molar-refractivity contribution in [2.75, 3.05) is 39.4 Å². The summed E-state index contributed by atoms with van der Waals surface area (Å²) in [6.07, 6.45) is 11.0. The van der Waals surface area contributed by atoms with Gasteiger partial charge in [0.25, 0.3) is 5.91 Å². The van der Waals surface area contributed by atoms with E-state index in [1.54, 1.807) is 6.20 Å². The van der Waals surface area contributed by atoms with Gasteiger partial charge in [-0.25, -0.2) is 0 Å². The summed E-state index contributed by atoms with van der Waals surface area (Å²) in [6.45, 7) is 5.07. The number of nitrogens with zero attached hydrogens (tertiary/aromatic N) is 3. The third-order valence-electron chi connectivity index (χ3n) is 7.89. The first-order valence-electron chi connectivity index (χ1n) is 11.9. The van der Waals surface area contributed by atoms with E-state index in [-0.39, 0.29) is 17.4 Å². The van der Waals surface area contributed by atoms with Gasteiger partial charge in [-0.05, 0) is 74.8 Å². The van der Waals surface area contributed by atoms with Gasteiger partial charge in [-0.3, -0.25) is 14.7 Å². The molecule has 1 N–H and O–H groups in total. The molecule has 30 heavy (non-hydrogen) atoms. The quantitative estimate of drug-likeness (QED) is 0.807. The van der Waals surface area contributed by atoms with Gasteiger partial charge in [0.1, 0.15) is 0 Å². The molecule has 1 aliphatic carbocycles. The molecule has 0 aromatic carbocycles. The number of likely N-dealkylation sites (tertiary alicyclic amines) is 2. The second-order valence-corrected chi connectivity index (χ2v) is 9.96. The maximum absolute atomic E-state index is 13.1. The van der Waals surface area contributed by atoms with Gasteiger partial charge < -0.3 is 14.7 Å². The number of carbonyl (C=O) groups is 1. The summed E-state index contributed by atoms with van der Waals surface area (Å²) < 4.78 is 5.53. The third kappa shape index (κ3) is 4.14. The van der Waals surface area contributed by atoms with Crippen LogP contribution in [0.5, 0.6) is 0 Å². The summed E-state index contributed by atoms with van der Waals surface area (Å²) in [4.78, 5) is 22.3.